The molecule has 1 heterocycles. The zero-order chi connectivity index (χ0) is 11.5. The van der Waals surface area contributed by atoms with Crippen LogP contribution in [0.2, 0.25) is 0 Å². The van der Waals surface area contributed by atoms with Crippen LogP contribution in [0.25, 0.3) is 0 Å². The number of likely N-dealkylation sites (tertiary alicyclic amines) is 1. The molecule has 0 aromatic carbocycles. The molecule has 3 nitrogen and oxygen atoms in total. The van der Waals surface area contributed by atoms with E-state index in [-0.39, 0.29) is 6.10 Å². The molecule has 0 bridgehead atoms. The van der Waals surface area contributed by atoms with Gasteiger partial charge in [-0.2, -0.15) is 0 Å². The zero-order valence-corrected chi connectivity index (χ0v) is 10.7. The van der Waals surface area contributed by atoms with Gasteiger partial charge in [0.05, 0.1) is 6.10 Å². The minimum absolute atomic E-state index is 0.201. The predicted molar refractivity (Wildman–Crippen MR) is 66.5 cm³/mol. The topological polar surface area (TPSA) is 35.5 Å². The third-order valence-electron chi connectivity index (χ3n) is 3.91. The van der Waals surface area contributed by atoms with Gasteiger partial charge in [-0.15, -0.1) is 0 Å². The van der Waals surface area contributed by atoms with Crippen molar-refractivity contribution >= 4 is 0 Å². The number of piperidine rings is 1. The Labute approximate surface area is 99.2 Å². The van der Waals surface area contributed by atoms with E-state index in [0.717, 1.165) is 25.6 Å². The highest BCUT2D eigenvalue weighted by Gasteiger charge is 2.26. The van der Waals surface area contributed by atoms with Gasteiger partial charge in [0.1, 0.15) is 0 Å². The van der Waals surface area contributed by atoms with Crippen molar-refractivity contribution in [3.05, 3.63) is 0 Å². The molecular weight excluding hydrogens is 200 g/mol. The molecule has 2 N–H and O–H groups in total. The van der Waals surface area contributed by atoms with E-state index in [0.29, 0.717) is 12.1 Å². The minimum atomic E-state index is -0.201. The van der Waals surface area contributed by atoms with Crippen molar-refractivity contribution in [1.82, 2.24) is 10.2 Å². The fourth-order valence-corrected chi connectivity index (χ4v) is 2.56. The van der Waals surface area contributed by atoms with Gasteiger partial charge >= 0.3 is 0 Å². The van der Waals surface area contributed by atoms with Crippen LogP contribution in [0, 0.1) is 5.92 Å². The third kappa shape index (κ3) is 3.72. The molecule has 0 amide bonds. The van der Waals surface area contributed by atoms with Crippen LogP contribution >= 0.6 is 0 Å². The van der Waals surface area contributed by atoms with Crippen molar-refractivity contribution < 1.29 is 5.11 Å². The van der Waals surface area contributed by atoms with Crippen molar-refractivity contribution in [2.24, 2.45) is 5.92 Å². The second-order valence-corrected chi connectivity index (χ2v) is 5.82. The summed E-state index contributed by atoms with van der Waals surface area (Å²) in [6.45, 7) is 7.36. The van der Waals surface area contributed by atoms with E-state index in [9.17, 15) is 5.11 Å². The summed E-state index contributed by atoms with van der Waals surface area (Å²) in [5.74, 6) is 0.791. The van der Waals surface area contributed by atoms with Gasteiger partial charge in [-0.1, -0.05) is 6.92 Å². The molecule has 0 spiro atoms. The van der Waals surface area contributed by atoms with Gasteiger partial charge in [-0.25, -0.2) is 0 Å². The van der Waals surface area contributed by atoms with Gasteiger partial charge in [-0.3, -0.25) is 4.90 Å². The van der Waals surface area contributed by atoms with Gasteiger partial charge < -0.3 is 10.4 Å². The monoisotopic (exact) mass is 226 g/mol. The summed E-state index contributed by atoms with van der Waals surface area (Å²) in [6.07, 6.45) is 5.01. The number of nitrogens with one attached hydrogen (secondary N) is 1. The SMILES string of the molecule is CC1CCC(C)N(CC(O)CNC2CC2)C1. The van der Waals surface area contributed by atoms with E-state index >= 15 is 0 Å². The van der Waals surface area contributed by atoms with Crippen molar-refractivity contribution in [2.75, 3.05) is 19.6 Å². The van der Waals surface area contributed by atoms with Crippen LogP contribution in [-0.4, -0.2) is 47.8 Å². The largest absolute Gasteiger partial charge is 0.390 e. The smallest absolute Gasteiger partial charge is 0.0791 e. The first-order chi connectivity index (χ1) is 7.65. The Hall–Kier alpha value is -0.120. The molecule has 0 radical (unpaired) electrons. The highest BCUT2D eigenvalue weighted by molar-refractivity contribution is 4.84. The summed E-state index contributed by atoms with van der Waals surface area (Å²) in [4.78, 5) is 2.45. The lowest BCUT2D eigenvalue weighted by Gasteiger charge is -2.37. The average Bonchev–Trinajstić information content (AvgIpc) is 3.04. The fraction of sp³-hybridized carbons (Fsp3) is 1.00. The van der Waals surface area contributed by atoms with E-state index < -0.39 is 0 Å². The van der Waals surface area contributed by atoms with Gasteiger partial charge in [-0.05, 0) is 38.5 Å². The maximum absolute atomic E-state index is 9.98. The van der Waals surface area contributed by atoms with Crippen LogP contribution < -0.4 is 5.32 Å². The first-order valence-electron chi connectivity index (χ1n) is 6.80. The first-order valence-corrected chi connectivity index (χ1v) is 6.80. The van der Waals surface area contributed by atoms with Crippen molar-refractivity contribution in [2.45, 2.75) is 57.7 Å². The molecule has 2 rings (SSSR count). The molecule has 16 heavy (non-hydrogen) atoms. The van der Waals surface area contributed by atoms with Crippen molar-refractivity contribution in [1.29, 1.82) is 0 Å². The van der Waals surface area contributed by atoms with E-state index in [1.807, 2.05) is 0 Å². The Bertz CT molecular complexity index is 218. The van der Waals surface area contributed by atoms with Crippen LogP contribution in [0.1, 0.15) is 39.5 Å². The number of hydrogen-bond acceptors (Lipinski definition) is 3. The molecule has 3 atom stereocenters. The van der Waals surface area contributed by atoms with Crippen LogP contribution in [0.5, 0.6) is 0 Å². The van der Waals surface area contributed by atoms with E-state index in [2.05, 4.69) is 24.1 Å². The van der Waals surface area contributed by atoms with E-state index in [4.69, 9.17) is 0 Å². The van der Waals surface area contributed by atoms with E-state index in [1.54, 1.807) is 0 Å². The number of aliphatic hydroxyl groups is 1. The van der Waals surface area contributed by atoms with Crippen molar-refractivity contribution in [3.63, 3.8) is 0 Å². The van der Waals surface area contributed by atoms with Gasteiger partial charge in [0.2, 0.25) is 0 Å². The number of nitrogens with zero attached hydrogens (tertiary/aromatic N) is 1. The lowest BCUT2D eigenvalue weighted by atomic mass is 9.95. The summed E-state index contributed by atoms with van der Waals surface area (Å²) in [5, 5.41) is 13.4. The predicted octanol–water partition coefficient (Wildman–Crippen LogP) is 1.22. The molecule has 3 unspecified atom stereocenters. The van der Waals surface area contributed by atoms with Crippen LogP contribution in [0.3, 0.4) is 0 Å². The zero-order valence-electron chi connectivity index (χ0n) is 10.7. The molecule has 1 saturated heterocycles. The average molecular weight is 226 g/mol. The molecule has 0 aromatic rings. The Morgan fingerprint density at radius 3 is 2.69 bits per heavy atom. The lowest BCUT2D eigenvalue weighted by Crippen LogP contribution is -2.47. The quantitative estimate of drug-likeness (QED) is 0.740. The minimum Gasteiger partial charge on any atom is -0.390 e. The number of hydrogen-bond donors (Lipinski definition) is 2. The molecule has 2 fully saturated rings. The molecule has 0 aromatic heterocycles. The molecule has 3 heteroatoms. The van der Waals surface area contributed by atoms with Crippen molar-refractivity contribution in [3.8, 4) is 0 Å². The Morgan fingerprint density at radius 2 is 2.00 bits per heavy atom. The summed E-state index contributed by atoms with van der Waals surface area (Å²) in [5.41, 5.74) is 0. The Balaban J connectivity index is 1.68. The Kier molecular flexibility index (Phi) is 4.22. The van der Waals surface area contributed by atoms with Gasteiger partial charge in [0.25, 0.3) is 0 Å². The highest BCUT2D eigenvalue weighted by atomic mass is 16.3. The normalized spacial score (nSPS) is 33.9. The third-order valence-corrected chi connectivity index (χ3v) is 3.91. The summed E-state index contributed by atoms with van der Waals surface area (Å²) >= 11 is 0. The molecule has 94 valence electrons. The molecular formula is C13H26N2O. The first kappa shape index (κ1) is 12.3. The maximum Gasteiger partial charge on any atom is 0.0791 e. The summed E-state index contributed by atoms with van der Waals surface area (Å²) in [6, 6.07) is 1.35. The standard InChI is InChI=1S/C13H26N2O/c1-10-3-4-11(2)15(8-10)9-13(16)7-14-12-5-6-12/h10-14,16H,3-9H2,1-2H3. The number of β-amino-alcohol motifs (C(OH)–C–C–N with tert-alkyl or cyclic N) is 1. The Morgan fingerprint density at radius 1 is 1.25 bits per heavy atom. The second kappa shape index (κ2) is 5.48. The maximum atomic E-state index is 9.98. The fourth-order valence-electron chi connectivity index (χ4n) is 2.56. The van der Waals surface area contributed by atoms with Crippen LogP contribution in [-0.2, 0) is 0 Å². The number of aliphatic hydroxyl groups excluding tert-OH is 1. The lowest BCUT2D eigenvalue weighted by molar-refractivity contribution is 0.0570. The summed E-state index contributed by atoms with van der Waals surface area (Å²) < 4.78 is 0. The van der Waals surface area contributed by atoms with Crippen LogP contribution in [0.15, 0.2) is 0 Å². The second-order valence-electron chi connectivity index (χ2n) is 5.82. The summed E-state index contributed by atoms with van der Waals surface area (Å²) in [7, 11) is 0. The molecule has 1 saturated carbocycles. The highest BCUT2D eigenvalue weighted by Crippen LogP contribution is 2.21. The molecule has 2 aliphatic rings. The van der Waals surface area contributed by atoms with Gasteiger partial charge in [0.15, 0.2) is 0 Å². The number of rotatable bonds is 5. The molecule has 1 aliphatic carbocycles. The van der Waals surface area contributed by atoms with Gasteiger partial charge in [0, 0.05) is 31.7 Å². The van der Waals surface area contributed by atoms with E-state index in [1.165, 1.54) is 25.7 Å². The van der Waals surface area contributed by atoms with Crippen LogP contribution in [0.4, 0.5) is 0 Å². The molecule has 1 aliphatic heterocycles.